The molecule has 0 spiro atoms. The van der Waals surface area contributed by atoms with Gasteiger partial charge in [-0.25, -0.2) is 0 Å². The molecule has 1 heterocycles. The molecule has 0 bridgehead atoms. The van der Waals surface area contributed by atoms with Gasteiger partial charge < -0.3 is 11.1 Å². The highest BCUT2D eigenvalue weighted by molar-refractivity contribution is 9.11. The second-order valence-electron chi connectivity index (χ2n) is 2.63. The maximum atomic E-state index is 5.36. The van der Waals surface area contributed by atoms with Gasteiger partial charge in [0.2, 0.25) is 0 Å². The van der Waals surface area contributed by atoms with Crippen LogP contribution in [0.15, 0.2) is 9.85 Å². The molecule has 0 saturated carbocycles. The van der Waals surface area contributed by atoms with Gasteiger partial charge in [-0.1, -0.05) is 0 Å². The van der Waals surface area contributed by atoms with E-state index in [1.54, 1.807) is 11.3 Å². The molecule has 2 nitrogen and oxygen atoms in total. The zero-order valence-electron chi connectivity index (χ0n) is 7.06. The van der Waals surface area contributed by atoms with Crippen molar-refractivity contribution in [2.24, 2.45) is 5.73 Å². The minimum Gasteiger partial charge on any atom is -0.329 e. The molecule has 0 aliphatic heterocycles. The first-order chi connectivity index (χ1) is 5.74. The lowest BCUT2D eigenvalue weighted by atomic mass is 10.3. The van der Waals surface area contributed by atoms with Crippen LogP contribution < -0.4 is 11.1 Å². The Morgan fingerprint density at radius 2 is 2.42 bits per heavy atom. The molecule has 0 atom stereocenters. The minimum absolute atomic E-state index is 0.700. The molecule has 1 rings (SSSR count). The van der Waals surface area contributed by atoms with E-state index in [9.17, 15) is 0 Å². The summed E-state index contributed by atoms with van der Waals surface area (Å²) in [5.41, 5.74) is 6.67. The fraction of sp³-hybridized carbons (Fsp3) is 0.500. The standard InChI is InChI=1S/C8H13BrN2S/c1-6-4-7(12-8(6)9)5-11-3-2-10/h4,11H,2-3,5,10H2,1H3. The Hall–Kier alpha value is 0.100. The van der Waals surface area contributed by atoms with Crippen LogP contribution in [0.1, 0.15) is 10.4 Å². The number of nitrogens with one attached hydrogen (secondary N) is 1. The predicted octanol–water partition coefficient (Wildman–Crippen LogP) is 1.87. The summed E-state index contributed by atoms with van der Waals surface area (Å²) in [5.74, 6) is 0. The first kappa shape index (κ1) is 10.2. The van der Waals surface area contributed by atoms with Crippen LogP contribution in [0.25, 0.3) is 0 Å². The average molecular weight is 249 g/mol. The van der Waals surface area contributed by atoms with Crippen LogP contribution in [-0.4, -0.2) is 13.1 Å². The van der Waals surface area contributed by atoms with Crippen LogP contribution in [0.2, 0.25) is 0 Å². The largest absolute Gasteiger partial charge is 0.329 e. The Labute approximate surface area is 85.3 Å². The van der Waals surface area contributed by atoms with Crippen molar-refractivity contribution in [3.05, 3.63) is 20.3 Å². The number of nitrogens with two attached hydrogens (primary N) is 1. The maximum Gasteiger partial charge on any atom is 0.0730 e. The zero-order chi connectivity index (χ0) is 8.97. The zero-order valence-corrected chi connectivity index (χ0v) is 9.46. The van der Waals surface area contributed by atoms with Crippen molar-refractivity contribution in [1.29, 1.82) is 0 Å². The van der Waals surface area contributed by atoms with Crippen molar-refractivity contribution < 1.29 is 0 Å². The van der Waals surface area contributed by atoms with Crippen LogP contribution in [0.4, 0.5) is 0 Å². The fourth-order valence-corrected chi connectivity index (χ4v) is 2.52. The molecule has 0 saturated heterocycles. The SMILES string of the molecule is Cc1cc(CNCCN)sc1Br. The molecule has 0 amide bonds. The minimum atomic E-state index is 0.700. The monoisotopic (exact) mass is 248 g/mol. The van der Waals surface area contributed by atoms with Crippen molar-refractivity contribution >= 4 is 27.3 Å². The van der Waals surface area contributed by atoms with Gasteiger partial charge in [-0.05, 0) is 34.5 Å². The van der Waals surface area contributed by atoms with Crippen molar-refractivity contribution in [3.8, 4) is 0 Å². The van der Waals surface area contributed by atoms with Crippen molar-refractivity contribution in [2.75, 3.05) is 13.1 Å². The van der Waals surface area contributed by atoms with Crippen LogP contribution >= 0.6 is 27.3 Å². The van der Waals surface area contributed by atoms with E-state index < -0.39 is 0 Å². The number of rotatable bonds is 4. The molecule has 12 heavy (non-hydrogen) atoms. The summed E-state index contributed by atoms with van der Waals surface area (Å²) in [6, 6.07) is 2.19. The molecule has 3 N–H and O–H groups in total. The number of aryl methyl sites for hydroxylation is 1. The van der Waals surface area contributed by atoms with Crippen LogP contribution in [-0.2, 0) is 6.54 Å². The molecule has 68 valence electrons. The van der Waals surface area contributed by atoms with Gasteiger partial charge in [0.15, 0.2) is 0 Å². The van der Waals surface area contributed by atoms with E-state index in [-0.39, 0.29) is 0 Å². The molecule has 0 aliphatic rings. The van der Waals surface area contributed by atoms with Crippen molar-refractivity contribution in [2.45, 2.75) is 13.5 Å². The summed E-state index contributed by atoms with van der Waals surface area (Å²) in [6.45, 7) is 4.61. The van der Waals surface area contributed by atoms with E-state index in [0.29, 0.717) is 6.54 Å². The molecule has 1 aromatic heterocycles. The third kappa shape index (κ3) is 2.86. The summed E-state index contributed by atoms with van der Waals surface area (Å²) in [7, 11) is 0. The van der Waals surface area contributed by atoms with Gasteiger partial charge in [0.05, 0.1) is 3.79 Å². The summed E-state index contributed by atoms with van der Waals surface area (Å²) in [5, 5.41) is 3.26. The highest BCUT2D eigenvalue weighted by Gasteiger charge is 2.01. The van der Waals surface area contributed by atoms with E-state index in [1.807, 2.05) is 0 Å². The number of hydrogen-bond donors (Lipinski definition) is 2. The third-order valence-electron chi connectivity index (χ3n) is 1.53. The van der Waals surface area contributed by atoms with Gasteiger partial charge in [-0.3, -0.25) is 0 Å². The molecular weight excluding hydrogens is 236 g/mol. The third-order valence-corrected chi connectivity index (χ3v) is 3.67. The molecule has 0 radical (unpaired) electrons. The molecule has 0 unspecified atom stereocenters. The molecule has 0 aliphatic carbocycles. The number of hydrogen-bond acceptors (Lipinski definition) is 3. The van der Waals surface area contributed by atoms with Gasteiger partial charge >= 0.3 is 0 Å². The highest BCUT2D eigenvalue weighted by atomic mass is 79.9. The first-order valence-corrected chi connectivity index (χ1v) is 5.50. The number of halogens is 1. The summed E-state index contributed by atoms with van der Waals surface area (Å²) >= 11 is 5.27. The quantitative estimate of drug-likeness (QED) is 0.799. The van der Waals surface area contributed by atoms with E-state index in [4.69, 9.17) is 5.73 Å². The first-order valence-electron chi connectivity index (χ1n) is 3.89. The molecule has 4 heteroatoms. The topological polar surface area (TPSA) is 38.0 Å². The fourth-order valence-electron chi connectivity index (χ4n) is 0.924. The van der Waals surface area contributed by atoms with Crippen LogP contribution in [0.5, 0.6) is 0 Å². The average Bonchev–Trinajstić information content (AvgIpc) is 2.32. The summed E-state index contributed by atoms with van der Waals surface area (Å²) in [4.78, 5) is 1.35. The normalized spacial score (nSPS) is 10.6. The lowest BCUT2D eigenvalue weighted by Crippen LogP contribution is -2.21. The van der Waals surface area contributed by atoms with Crippen LogP contribution in [0.3, 0.4) is 0 Å². The lowest BCUT2D eigenvalue weighted by Gasteiger charge is -1.98. The molecular formula is C8H13BrN2S. The Morgan fingerprint density at radius 3 is 2.92 bits per heavy atom. The highest BCUT2D eigenvalue weighted by Crippen LogP contribution is 2.26. The Bertz CT molecular complexity index is 228. The van der Waals surface area contributed by atoms with Gasteiger partial charge in [-0.2, -0.15) is 0 Å². The Balaban J connectivity index is 2.42. The molecule has 0 aromatic carbocycles. The van der Waals surface area contributed by atoms with Crippen LogP contribution in [0, 0.1) is 6.92 Å². The van der Waals surface area contributed by atoms with Crippen molar-refractivity contribution in [1.82, 2.24) is 5.32 Å². The van der Waals surface area contributed by atoms with E-state index >= 15 is 0 Å². The maximum absolute atomic E-state index is 5.36. The van der Waals surface area contributed by atoms with Gasteiger partial charge in [0, 0.05) is 24.5 Å². The molecule has 1 aromatic rings. The second-order valence-corrected chi connectivity index (χ2v) is 5.09. The summed E-state index contributed by atoms with van der Waals surface area (Å²) < 4.78 is 1.23. The van der Waals surface area contributed by atoms with Gasteiger partial charge in [-0.15, -0.1) is 11.3 Å². The van der Waals surface area contributed by atoms with E-state index in [1.165, 1.54) is 14.2 Å². The van der Waals surface area contributed by atoms with E-state index in [0.717, 1.165) is 13.1 Å². The number of thiophene rings is 1. The van der Waals surface area contributed by atoms with Gasteiger partial charge in [0.1, 0.15) is 0 Å². The molecule has 0 fully saturated rings. The predicted molar refractivity (Wildman–Crippen MR) is 57.5 cm³/mol. The smallest absolute Gasteiger partial charge is 0.0730 e. The van der Waals surface area contributed by atoms with Gasteiger partial charge in [0.25, 0.3) is 0 Å². The van der Waals surface area contributed by atoms with Crippen molar-refractivity contribution in [3.63, 3.8) is 0 Å². The Kier molecular flexibility index (Phi) is 4.21. The Morgan fingerprint density at radius 1 is 1.67 bits per heavy atom. The van der Waals surface area contributed by atoms with E-state index in [2.05, 4.69) is 34.2 Å². The summed E-state index contributed by atoms with van der Waals surface area (Å²) in [6.07, 6.45) is 0. The second kappa shape index (κ2) is 4.97. The lowest BCUT2D eigenvalue weighted by molar-refractivity contribution is 0.701.